The van der Waals surface area contributed by atoms with Crippen LogP contribution in [0.4, 0.5) is 10.5 Å². The summed E-state index contributed by atoms with van der Waals surface area (Å²) >= 11 is 0. The van der Waals surface area contributed by atoms with Gasteiger partial charge in [0.1, 0.15) is 0 Å². The number of aromatic nitrogens is 2. The highest BCUT2D eigenvalue weighted by atomic mass is 16.5. The van der Waals surface area contributed by atoms with E-state index in [1.165, 1.54) is 0 Å². The molecule has 3 rings (SSSR count). The monoisotopic (exact) mass is 380 g/mol. The van der Waals surface area contributed by atoms with Crippen LogP contribution in [0, 0.1) is 0 Å². The molecule has 2 amide bonds. The minimum Gasteiger partial charge on any atom is -0.493 e. The molecule has 1 heterocycles. The number of methoxy groups -OCH3 is 1. The number of imidazole rings is 1. The number of hydrogen-bond acceptors (Lipinski definition) is 4. The van der Waals surface area contributed by atoms with E-state index >= 15 is 0 Å². The predicted octanol–water partition coefficient (Wildman–Crippen LogP) is 3.66. The molecule has 1 aromatic heterocycles. The first-order valence-electron chi connectivity index (χ1n) is 9.07. The van der Waals surface area contributed by atoms with Crippen molar-refractivity contribution < 1.29 is 14.3 Å². The average Bonchev–Trinajstić information content (AvgIpc) is 3.21. The van der Waals surface area contributed by atoms with Crippen molar-refractivity contribution in [2.24, 2.45) is 0 Å². The van der Waals surface area contributed by atoms with Gasteiger partial charge in [0.2, 0.25) is 0 Å². The number of hydrogen-bond donors (Lipinski definition) is 2. The van der Waals surface area contributed by atoms with Crippen molar-refractivity contribution >= 4 is 11.7 Å². The first-order valence-corrected chi connectivity index (χ1v) is 9.07. The Bertz CT molecular complexity index is 910. The second-order valence-electron chi connectivity index (χ2n) is 6.11. The number of benzene rings is 2. The molecule has 0 radical (unpaired) electrons. The van der Waals surface area contributed by atoms with Gasteiger partial charge < -0.3 is 24.7 Å². The van der Waals surface area contributed by atoms with Crippen molar-refractivity contribution in [3.63, 3.8) is 0 Å². The lowest BCUT2D eigenvalue weighted by Gasteiger charge is -2.14. The summed E-state index contributed by atoms with van der Waals surface area (Å²) in [6, 6.07) is 13.0. The molecule has 0 saturated carbocycles. The lowest BCUT2D eigenvalue weighted by molar-refractivity contribution is 0.251. The van der Waals surface area contributed by atoms with Crippen LogP contribution in [-0.4, -0.2) is 29.3 Å². The highest BCUT2D eigenvalue weighted by Gasteiger charge is 2.09. The van der Waals surface area contributed by atoms with Crippen LogP contribution in [0.15, 0.2) is 61.2 Å². The van der Waals surface area contributed by atoms with Gasteiger partial charge in [-0.3, -0.25) is 0 Å². The number of carbonyl (C=O) groups excluding carboxylic acids is 1. The van der Waals surface area contributed by atoms with Crippen molar-refractivity contribution in [2.75, 3.05) is 19.0 Å². The summed E-state index contributed by atoms with van der Waals surface area (Å²) in [4.78, 5) is 16.4. The highest BCUT2D eigenvalue weighted by molar-refractivity contribution is 5.89. The minimum atomic E-state index is -0.287. The van der Waals surface area contributed by atoms with Crippen LogP contribution < -0.4 is 20.1 Å². The summed E-state index contributed by atoms with van der Waals surface area (Å²) in [5.74, 6) is 1.22. The van der Waals surface area contributed by atoms with E-state index in [9.17, 15) is 4.79 Å². The summed E-state index contributed by atoms with van der Waals surface area (Å²) in [7, 11) is 1.58. The molecule has 7 heteroatoms. The van der Waals surface area contributed by atoms with Crippen molar-refractivity contribution in [2.45, 2.75) is 20.0 Å². The Morgan fingerprint density at radius 3 is 2.68 bits per heavy atom. The summed E-state index contributed by atoms with van der Waals surface area (Å²) in [5, 5.41) is 5.73. The second kappa shape index (κ2) is 9.45. The first-order chi connectivity index (χ1) is 13.7. The van der Waals surface area contributed by atoms with E-state index in [4.69, 9.17) is 9.47 Å². The van der Waals surface area contributed by atoms with Gasteiger partial charge in [-0.25, -0.2) is 9.78 Å². The number of urea groups is 1. The van der Waals surface area contributed by atoms with Crippen LogP contribution in [0.5, 0.6) is 11.5 Å². The predicted molar refractivity (Wildman–Crippen MR) is 108 cm³/mol. The zero-order valence-electron chi connectivity index (χ0n) is 16.0. The van der Waals surface area contributed by atoms with E-state index in [-0.39, 0.29) is 6.03 Å². The topological polar surface area (TPSA) is 77.4 Å². The molecular formula is C21H24N4O3. The molecule has 0 aliphatic carbocycles. The van der Waals surface area contributed by atoms with Crippen LogP contribution in [0.1, 0.15) is 18.1 Å². The SMILES string of the molecule is CCOc1cc(NC(=O)NCc2ccccc2Cn2ccnc2)ccc1OC. The van der Waals surface area contributed by atoms with Crippen LogP contribution in [0.25, 0.3) is 0 Å². The maximum Gasteiger partial charge on any atom is 0.319 e. The number of ether oxygens (including phenoxy) is 2. The molecule has 0 unspecified atom stereocenters. The van der Waals surface area contributed by atoms with E-state index in [2.05, 4.69) is 15.6 Å². The Morgan fingerprint density at radius 2 is 1.96 bits per heavy atom. The maximum atomic E-state index is 12.3. The highest BCUT2D eigenvalue weighted by Crippen LogP contribution is 2.30. The minimum absolute atomic E-state index is 0.287. The Hall–Kier alpha value is -3.48. The number of anilines is 1. The van der Waals surface area contributed by atoms with Crippen molar-refractivity contribution in [1.29, 1.82) is 0 Å². The van der Waals surface area contributed by atoms with Gasteiger partial charge in [0, 0.05) is 37.2 Å². The lowest BCUT2D eigenvalue weighted by Crippen LogP contribution is -2.28. The van der Waals surface area contributed by atoms with Gasteiger partial charge in [-0.05, 0) is 30.2 Å². The van der Waals surface area contributed by atoms with E-state index in [1.807, 2.05) is 42.0 Å². The number of carbonyl (C=O) groups is 1. The molecule has 2 N–H and O–H groups in total. The zero-order chi connectivity index (χ0) is 19.8. The molecule has 3 aromatic rings. The molecule has 7 nitrogen and oxygen atoms in total. The van der Waals surface area contributed by atoms with E-state index in [1.54, 1.807) is 37.8 Å². The zero-order valence-corrected chi connectivity index (χ0v) is 16.0. The first kappa shape index (κ1) is 19.3. The van der Waals surface area contributed by atoms with Gasteiger partial charge in [-0.1, -0.05) is 24.3 Å². The molecule has 0 spiro atoms. The van der Waals surface area contributed by atoms with Gasteiger partial charge >= 0.3 is 6.03 Å². The molecule has 0 atom stereocenters. The quantitative estimate of drug-likeness (QED) is 0.625. The van der Waals surface area contributed by atoms with Gasteiger partial charge in [0.15, 0.2) is 11.5 Å². The Balaban J connectivity index is 1.61. The Morgan fingerprint density at radius 1 is 1.14 bits per heavy atom. The molecule has 0 fully saturated rings. The lowest BCUT2D eigenvalue weighted by atomic mass is 10.1. The third kappa shape index (κ3) is 5.03. The van der Waals surface area contributed by atoms with E-state index in [0.29, 0.717) is 36.9 Å². The molecule has 146 valence electrons. The number of amides is 2. The molecule has 0 bridgehead atoms. The molecule has 0 saturated heterocycles. The van der Waals surface area contributed by atoms with Crippen LogP contribution in [-0.2, 0) is 13.1 Å². The fourth-order valence-corrected chi connectivity index (χ4v) is 2.83. The van der Waals surface area contributed by atoms with Crippen LogP contribution in [0.2, 0.25) is 0 Å². The normalized spacial score (nSPS) is 10.4. The molecule has 0 aliphatic rings. The second-order valence-corrected chi connectivity index (χ2v) is 6.11. The number of rotatable bonds is 8. The van der Waals surface area contributed by atoms with Gasteiger partial charge in [-0.2, -0.15) is 0 Å². The smallest absolute Gasteiger partial charge is 0.319 e. The van der Waals surface area contributed by atoms with E-state index in [0.717, 1.165) is 11.1 Å². The number of nitrogens with zero attached hydrogens (tertiary/aromatic N) is 2. The standard InChI is InChI=1S/C21H24N4O3/c1-3-28-20-12-18(8-9-19(20)27-2)24-21(26)23-13-16-6-4-5-7-17(16)14-25-11-10-22-15-25/h4-12,15H,3,13-14H2,1-2H3,(H2,23,24,26). The largest absolute Gasteiger partial charge is 0.493 e. The summed E-state index contributed by atoms with van der Waals surface area (Å²) < 4.78 is 12.8. The summed E-state index contributed by atoms with van der Waals surface area (Å²) in [5.41, 5.74) is 2.81. The van der Waals surface area contributed by atoms with E-state index < -0.39 is 0 Å². The fraction of sp³-hybridized carbons (Fsp3) is 0.238. The van der Waals surface area contributed by atoms with Crippen molar-refractivity contribution in [1.82, 2.24) is 14.9 Å². The molecule has 28 heavy (non-hydrogen) atoms. The Labute approximate surface area is 164 Å². The third-order valence-electron chi connectivity index (χ3n) is 4.19. The van der Waals surface area contributed by atoms with Crippen LogP contribution in [0.3, 0.4) is 0 Å². The van der Waals surface area contributed by atoms with Gasteiger partial charge in [-0.15, -0.1) is 0 Å². The average molecular weight is 380 g/mol. The summed E-state index contributed by atoms with van der Waals surface area (Å²) in [6.07, 6.45) is 5.44. The summed E-state index contributed by atoms with van der Waals surface area (Å²) in [6.45, 7) is 3.54. The Kier molecular flexibility index (Phi) is 6.51. The maximum absolute atomic E-state index is 12.3. The molecule has 2 aromatic carbocycles. The van der Waals surface area contributed by atoms with Crippen molar-refractivity contribution in [3.8, 4) is 11.5 Å². The fourth-order valence-electron chi connectivity index (χ4n) is 2.83. The van der Waals surface area contributed by atoms with Crippen molar-refractivity contribution in [3.05, 3.63) is 72.3 Å². The molecule has 0 aliphatic heterocycles. The van der Waals surface area contributed by atoms with Crippen LogP contribution >= 0.6 is 0 Å². The molecular weight excluding hydrogens is 356 g/mol. The van der Waals surface area contributed by atoms with Gasteiger partial charge in [0.05, 0.1) is 20.0 Å². The number of nitrogens with one attached hydrogen (secondary N) is 2. The van der Waals surface area contributed by atoms with Gasteiger partial charge in [0.25, 0.3) is 0 Å². The third-order valence-corrected chi connectivity index (χ3v) is 4.19.